The highest BCUT2D eigenvalue weighted by Crippen LogP contribution is 2.20. The lowest BCUT2D eigenvalue weighted by Crippen LogP contribution is -2.05. The number of aryl methyl sites for hydroxylation is 1. The molecule has 0 amide bonds. The van der Waals surface area contributed by atoms with E-state index in [0.717, 1.165) is 23.6 Å². The lowest BCUT2D eigenvalue weighted by Gasteiger charge is -2.09. The first kappa shape index (κ1) is 14.5. The summed E-state index contributed by atoms with van der Waals surface area (Å²) in [5.74, 6) is 1.64. The second-order valence-corrected chi connectivity index (χ2v) is 5.21. The molecule has 0 aliphatic carbocycles. The Morgan fingerprint density at radius 3 is 2.25 bits per heavy atom. The van der Waals surface area contributed by atoms with Gasteiger partial charge in [-0.3, -0.25) is 0 Å². The quantitative estimate of drug-likeness (QED) is 0.786. The van der Waals surface area contributed by atoms with E-state index in [1.807, 2.05) is 50.5 Å². The molecular weight excluding hydrogens is 248 g/mol. The van der Waals surface area contributed by atoms with Gasteiger partial charge in [-0.05, 0) is 56.5 Å². The van der Waals surface area contributed by atoms with Gasteiger partial charge in [0.1, 0.15) is 5.75 Å². The van der Waals surface area contributed by atoms with Crippen LogP contribution < -0.4 is 4.74 Å². The number of ether oxygens (including phenoxy) is 1. The van der Waals surface area contributed by atoms with Gasteiger partial charge in [0.15, 0.2) is 5.82 Å². The molecule has 3 nitrogen and oxygen atoms in total. The molecule has 3 heteroatoms. The van der Waals surface area contributed by atoms with Crippen molar-refractivity contribution >= 4 is 0 Å². The van der Waals surface area contributed by atoms with E-state index in [-0.39, 0.29) is 6.10 Å². The molecule has 0 unspecified atom stereocenters. The zero-order valence-corrected chi connectivity index (χ0v) is 12.5. The maximum Gasteiger partial charge on any atom is 0.159 e. The molecule has 0 radical (unpaired) electrons. The Balaban J connectivity index is 2.07. The van der Waals surface area contributed by atoms with E-state index in [1.54, 1.807) is 0 Å². The Bertz CT molecular complexity index is 518. The molecule has 106 valence electrons. The van der Waals surface area contributed by atoms with Gasteiger partial charge in [-0.25, -0.2) is 9.97 Å². The van der Waals surface area contributed by atoms with E-state index in [2.05, 4.69) is 16.9 Å². The van der Waals surface area contributed by atoms with Crippen molar-refractivity contribution in [1.29, 1.82) is 0 Å². The molecule has 2 aromatic rings. The van der Waals surface area contributed by atoms with E-state index >= 15 is 0 Å². The number of benzene rings is 1. The summed E-state index contributed by atoms with van der Waals surface area (Å²) in [6.07, 6.45) is 7.48. The zero-order chi connectivity index (χ0) is 14.4. The normalized spacial score (nSPS) is 10.8. The van der Waals surface area contributed by atoms with Crippen molar-refractivity contribution in [3.63, 3.8) is 0 Å². The molecule has 20 heavy (non-hydrogen) atoms. The summed E-state index contributed by atoms with van der Waals surface area (Å²) in [7, 11) is 0. The lowest BCUT2D eigenvalue weighted by atomic mass is 10.1. The Morgan fingerprint density at radius 1 is 1.05 bits per heavy atom. The Morgan fingerprint density at radius 2 is 1.70 bits per heavy atom. The summed E-state index contributed by atoms with van der Waals surface area (Å²) in [5.41, 5.74) is 2.22. The van der Waals surface area contributed by atoms with Crippen LogP contribution in [0.4, 0.5) is 0 Å². The maximum absolute atomic E-state index is 5.63. The molecule has 0 saturated carbocycles. The highest BCUT2D eigenvalue weighted by Gasteiger charge is 2.03. The van der Waals surface area contributed by atoms with Crippen LogP contribution in [-0.2, 0) is 6.42 Å². The molecule has 1 aromatic heterocycles. The van der Waals surface area contributed by atoms with Crippen molar-refractivity contribution in [1.82, 2.24) is 9.97 Å². The molecule has 0 saturated heterocycles. The highest BCUT2D eigenvalue weighted by atomic mass is 16.5. The molecule has 0 bridgehead atoms. The summed E-state index contributed by atoms with van der Waals surface area (Å²) in [6.45, 7) is 6.23. The van der Waals surface area contributed by atoms with Gasteiger partial charge >= 0.3 is 0 Å². The van der Waals surface area contributed by atoms with Crippen molar-refractivity contribution in [3.05, 3.63) is 42.2 Å². The van der Waals surface area contributed by atoms with E-state index in [4.69, 9.17) is 4.74 Å². The van der Waals surface area contributed by atoms with Crippen LogP contribution in [0.1, 0.15) is 39.2 Å². The number of hydrogen-bond donors (Lipinski definition) is 0. The molecule has 0 aliphatic heterocycles. The van der Waals surface area contributed by atoms with Crippen LogP contribution in [-0.4, -0.2) is 16.1 Å². The molecule has 1 aromatic carbocycles. The number of nitrogens with zero attached hydrogens (tertiary/aromatic N) is 2. The van der Waals surface area contributed by atoms with E-state index in [0.29, 0.717) is 0 Å². The molecule has 0 fully saturated rings. The third-order valence-electron chi connectivity index (χ3n) is 3.01. The van der Waals surface area contributed by atoms with Crippen LogP contribution in [0.3, 0.4) is 0 Å². The fourth-order valence-electron chi connectivity index (χ4n) is 1.97. The largest absolute Gasteiger partial charge is 0.491 e. The summed E-state index contributed by atoms with van der Waals surface area (Å²) < 4.78 is 5.63. The maximum atomic E-state index is 5.63. The predicted octanol–water partition coefficient (Wildman–Crippen LogP) is 4.27. The minimum absolute atomic E-state index is 0.190. The second kappa shape index (κ2) is 7.04. The van der Waals surface area contributed by atoms with E-state index in [9.17, 15) is 0 Å². The first-order valence-corrected chi connectivity index (χ1v) is 7.27. The second-order valence-electron chi connectivity index (χ2n) is 5.21. The monoisotopic (exact) mass is 270 g/mol. The van der Waals surface area contributed by atoms with Gasteiger partial charge < -0.3 is 4.74 Å². The lowest BCUT2D eigenvalue weighted by molar-refractivity contribution is 0.242. The first-order valence-electron chi connectivity index (χ1n) is 7.27. The summed E-state index contributed by atoms with van der Waals surface area (Å²) in [5, 5.41) is 0. The topological polar surface area (TPSA) is 35.0 Å². The van der Waals surface area contributed by atoms with Gasteiger partial charge in [0.2, 0.25) is 0 Å². The van der Waals surface area contributed by atoms with Gasteiger partial charge in [-0.1, -0.05) is 13.3 Å². The molecule has 0 spiro atoms. The van der Waals surface area contributed by atoms with Crippen LogP contribution in [0.2, 0.25) is 0 Å². The standard InChI is InChI=1S/C17H22N2O/c1-4-5-6-14-11-18-17(19-12-14)15-7-9-16(10-8-15)20-13(2)3/h7-13H,4-6H2,1-3H3. The van der Waals surface area contributed by atoms with Gasteiger partial charge in [0.25, 0.3) is 0 Å². The third-order valence-corrected chi connectivity index (χ3v) is 3.01. The summed E-state index contributed by atoms with van der Waals surface area (Å²) in [4.78, 5) is 8.88. The van der Waals surface area contributed by atoms with Gasteiger partial charge in [0.05, 0.1) is 6.10 Å². The highest BCUT2D eigenvalue weighted by molar-refractivity contribution is 5.55. The van der Waals surface area contributed by atoms with Gasteiger partial charge in [0, 0.05) is 18.0 Å². The van der Waals surface area contributed by atoms with Crippen LogP contribution in [0.5, 0.6) is 5.75 Å². The van der Waals surface area contributed by atoms with Gasteiger partial charge in [-0.15, -0.1) is 0 Å². The fourth-order valence-corrected chi connectivity index (χ4v) is 1.97. The van der Waals surface area contributed by atoms with Crippen molar-refractivity contribution < 1.29 is 4.74 Å². The zero-order valence-electron chi connectivity index (χ0n) is 12.5. The number of rotatable bonds is 6. The van der Waals surface area contributed by atoms with Crippen LogP contribution >= 0.6 is 0 Å². The SMILES string of the molecule is CCCCc1cnc(-c2ccc(OC(C)C)cc2)nc1. The van der Waals surface area contributed by atoms with Crippen molar-refractivity contribution in [2.75, 3.05) is 0 Å². The molecule has 0 aliphatic rings. The first-order chi connectivity index (χ1) is 9.69. The summed E-state index contributed by atoms with van der Waals surface area (Å²) in [6, 6.07) is 7.92. The number of aromatic nitrogens is 2. The van der Waals surface area contributed by atoms with Crippen molar-refractivity contribution in [2.24, 2.45) is 0 Å². The fraction of sp³-hybridized carbons (Fsp3) is 0.412. The summed E-state index contributed by atoms with van der Waals surface area (Å²) >= 11 is 0. The van der Waals surface area contributed by atoms with Crippen LogP contribution in [0.15, 0.2) is 36.7 Å². The van der Waals surface area contributed by atoms with E-state index in [1.165, 1.54) is 18.4 Å². The van der Waals surface area contributed by atoms with Crippen molar-refractivity contribution in [2.45, 2.75) is 46.1 Å². The van der Waals surface area contributed by atoms with E-state index < -0.39 is 0 Å². The Kier molecular flexibility index (Phi) is 5.10. The van der Waals surface area contributed by atoms with Crippen LogP contribution in [0.25, 0.3) is 11.4 Å². The average molecular weight is 270 g/mol. The molecule has 2 rings (SSSR count). The number of unbranched alkanes of at least 4 members (excludes halogenated alkanes) is 1. The molecule has 0 atom stereocenters. The molecule has 1 heterocycles. The average Bonchev–Trinajstić information content (AvgIpc) is 2.46. The predicted molar refractivity (Wildman–Crippen MR) is 81.8 cm³/mol. The van der Waals surface area contributed by atoms with Crippen LogP contribution in [0, 0.1) is 0 Å². The minimum atomic E-state index is 0.190. The minimum Gasteiger partial charge on any atom is -0.491 e. The Labute approximate surface area is 121 Å². The third kappa shape index (κ3) is 4.05. The Hall–Kier alpha value is -1.90. The van der Waals surface area contributed by atoms with Gasteiger partial charge in [-0.2, -0.15) is 0 Å². The van der Waals surface area contributed by atoms with Crippen molar-refractivity contribution in [3.8, 4) is 17.1 Å². The molecule has 0 N–H and O–H groups in total. The smallest absolute Gasteiger partial charge is 0.159 e. The molecular formula is C17H22N2O. The number of hydrogen-bond acceptors (Lipinski definition) is 3.